The number of hydrogen-bond donors (Lipinski definition) is 2. The maximum absolute atomic E-state index is 12.1. The van der Waals surface area contributed by atoms with Gasteiger partial charge in [0.1, 0.15) is 6.04 Å². The van der Waals surface area contributed by atoms with Crippen molar-refractivity contribution in [2.45, 2.75) is 19.0 Å². The van der Waals surface area contributed by atoms with Gasteiger partial charge < -0.3 is 15.3 Å². The number of benzene rings is 1. The van der Waals surface area contributed by atoms with Crippen molar-refractivity contribution < 1.29 is 14.7 Å². The molecule has 0 bridgehead atoms. The summed E-state index contributed by atoms with van der Waals surface area (Å²) in [7, 11) is 3.95. The van der Waals surface area contributed by atoms with Gasteiger partial charge in [0.2, 0.25) is 0 Å². The third kappa shape index (κ3) is 6.18. The van der Waals surface area contributed by atoms with E-state index in [2.05, 4.69) is 5.32 Å². The van der Waals surface area contributed by atoms with Gasteiger partial charge in [-0.25, -0.2) is 4.79 Å². The first-order valence-electron chi connectivity index (χ1n) is 6.70. The van der Waals surface area contributed by atoms with Crippen molar-refractivity contribution in [1.29, 1.82) is 0 Å². The molecule has 21 heavy (non-hydrogen) atoms. The Kier molecular flexibility index (Phi) is 7.25. The summed E-state index contributed by atoms with van der Waals surface area (Å²) in [6.07, 6.45) is 2.32. The lowest BCUT2D eigenvalue weighted by molar-refractivity contribution is -0.139. The Labute approximate surface area is 129 Å². The number of amides is 1. The Morgan fingerprint density at radius 1 is 1.29 bits per heavy atom. The number of carboxylic acid groups (broad SMARTS) is 1. The third-order valence-corrected chi connectivity index (χ3v) is 3.57. The molecule has 0 saturated heterocycles. The van der Waals surface area contributed by atoms with Crippen molar-refractivity contribution in [2.24, 2.45) is 0 Å². The van der Waals surface area contributed by atoms with E-state index in [1.165, 1.54) is 0 Å². The zero-order chi connectivity index (χ0) is 15.8. The number of carboxylic acids is 1. The standard InChI is InChI=1S/C15H22N2O3S/c1-17(2)10-11-4-6-12(7-5-11)14(18)16-13(15(19)20)8-9-21-3/h4-7,13H,8-10H2,1-3H3,(H,16,18)(H,19,20). The Morgan fingerprint density at radius 2 is 1.90 bits per heavy atom. The highest BCUT2D eigenvalue weighted by Crippen LogP contribution is 2.08. The van der Waals surface area contributed by atoms with Gasteiger partial charge in [0.05, 0.1) is 0 Å². The van der Waals surface area contributed by atoms with Gasteiger partial charge in [-0.1, -0.05) is 12.1 Å². The summed E-state index contributed by atoms with van der Waals surface area (Å²) in [5, 5.41) is 11.7. The van der Waals surface area contributed by atoms with Crippen molar-refractivity contribution in [3.05, 3.63) is 35.4 Å². The average molecular weight is 310 g/mol. The van der Waals surface area contributed by atoms with Crippen molar-refractivity contribution >= 4 is 23.6 Å². The summed E-state index contributed by atoms with van der Waals surface area (Å²) < 4.78 is 0. The van der Waals surface area contributed by atoms with Gasteiger partial charge in [0.25, 0.3) is 5.91 Å². The number of rotatable bonds is 8. The van der Waals surface area contributed by atoms with Gasteiger partial charge >= 0.3 is 5.97 Å². The van der Waals surface area contributed by atoms with E-state index in [0.717, 1.165) is 12.1 Å². The van der Waals surface area contributed by atoms with E-state index < -0.39 is 12.0 Å². The fourth-order valence-corrected chi connectivity index (χ4v) is 2.33. The molecule has 0 saturated carbocycles. The highest BCUT2D eigenvalue weighted by molar-refractivity contribution is 7.98. The second kappa shape index (κ2) is 8.69. The molecule has 6 heteroatoms. The van der Waals surface area contributed by atoms with Crippen LogP contribution < -0.4 is 5.32 Å². The monoisotopic (exact) mass is 310 g/mol. The number of nitrogens with zero attached hydrogens (tertiary/aromatic N) is 1. The van der Waals surface area contributed by atoms with Crippen molar-refractivity contribution in [2.75, 3.05) is 26.1 Å². The van der Waals surface area contributed by atoms with Crippen LogP contribution in [0.15, 0.2) is 24.3 Å². The number of thioether (sulfide) groups is 1. The van der Waals surface area contributed by atoms with E-state index >= 15 is 0 Å². The largest absolute Gasteiger partial charge is 0.480 e. The van der Waals surface area contributed by atoms with Crippen molar-refractivity contribution in [1.82, 2.24) is 10.2 Å². The molecule has 0 aliphatic heterocycles. The summed E-state index contributed by atoms with van der Waals surface area (Å²) in [6.45, 7) is 0.799. The van der Waals surface area contributed by atoms with Gasteiger partial charge in [0, 0.05) is 12.1 Å². The first-order valence-corrected chi connectivity index (χ1v) is 8.09. The number of aliphatic carboxylic acids is 1. The average Bonchev–Trinajstić information content (AvgIpc) is 2.43. The van der Waals surface area contributed by atoms with Crippen LogP contribution in [0.2, 0.25) is 0 Å². The maximum Gasteiger partial charge on any atom is 0.326 e. The molecule has 1 rings (SSSR count). The SMILES string of the molecule is CSCCC(NC(=O)c1ccc(CN(C)C)cc1)C(=O)O. The molecule has 0 aliphatic rings. The predicted octanol–water partition coefficient (Wildman–Crippen LogP) is 1.68. The normalized spacial score (nSPS) is 12.2. The minimum atomic E-state index is -0.998. The molecule has 2 N–H and O–H groups in total. The Morgan fingerprint density at radius 3 is 2.38 bits per heavy atom. The molecular weight excluding hydrogens is 288 g/mol. The molecule has 1 unspecified atom stereocenters. The lowest BCUT2D eigenvalue weighted by atomic mass is 10.1. The van der Waals surface area contributed by atoms with Gasteiger partial charge in [-0.15, -0.1) is 0 Å². The molecule has 0 spiro atoms. The van der Waals surface area contributed by atoms with Crippen LogP contribution in [0.1, 0.15) is 22.3 Å². The van der Waals surface area contributed by atoms with Gasteiger partial charge in [0.15, 0.2) is 0 Å². The molecule has 0 radical (unpaired) electrons. The van der Waals surface area contributed by atoms with E-state index in [0.29, 0.717) is 17.7 Å². The van der Waals surface area contributed by atoms with E-state index in [9.17, 15) is 9.59 Å². The molecule has 1 amide bonds. The molecule has 0 fully saturated rings. The van der Waals surface area contributed by atoms with Crippen molar-refractivity contribution in [3.63, 3.8) is 0 Å². The molecule has 0 heterocycles. The minimum Gasteiger partial charge on any atom is -0.480 e. The Balaban J connectivity index is 2.67. The van der Waals surface area contributed by atoms with Gasteiger partial charge in [-0.05, 0) is 50.2 Å². The summed E-state index contributed by atoms with van der Waals surface area (Å²) in [4.78, 5) is 25.2. The number of carbonyl (C=O) groups is 2. The molecule has 0 aliphatic carbocycles. The second-order valence-corrected chi connectivity index (χ2v) is 6.07. The van der Waals surface area contributed by atoms with E-state index in [1.54, 1.807) is 23.9 Å². The Bertz CT molecular complexity index is 474. The molecule has 1 aromatic rings. The highest BCUT2D eigenvalue weighted by atomic mass is 32.2. The van der Waals surface area contributed by atoms with Crippen LogP contribution in [0, 0.1) is 0 Å². The minimum absolute atomic E-state index is 0.347. The predicted molar refractivity (Wildman–Crippen MR) is 85.7 cm³/mol. The lowest BCUT2D eigenvalue weighted by Gasteiger charge is -2.14. The maximum atomic E-state index is 12.1. The fourth-order valence-electron chi connectivity index (χ4n) is 1.86. The zero-order valence-electron chi connectivity index (χ0n) is 12.6. The lowest BCUT2D eigenvalue weighted by Crippen LogP contribution is -2.41. The summed E-state index contributed by atoms with van der Waals surface area (Å²) >= 11 is 1.56. The van der Waals surface area contributed by atoms with Gasteiger partial charge in [-0.3, -0.25) is 4.79 Å². The fraction of sp³-hybridized carbons (Fsp3) is 0.467. The molecule has 0 aromatic heterocycles. The summed E-state index contributed by atoms with van der Waals surface area (Å²) in [5.74, 6) is -0.652. The molecule has 116 valence electrons. The smallest absolute Gasteiger partial charge is 0.326 e. The van der Waals surface area contributed by atoms with E-state index in [-0.39, 0.29) is 5.91 Å². The molecule has 5 nitrogen and oxygen atoms in total. The highest BCUT2D eigenvalue weighted by Gasteiger charge is 2.20. The molecule has 1 aromatic carbocycles. The van der Waals surface area contributed by atoms with Crippen LogP contribution in [-0.2, 0) is 11.3 Å². The number of nitrogens with one attached hydrogen (secondary N) is 1. The number of hydrogen-bond acceptors (Lipinski definition) is 4. The van der Waals surface area contributed by atoms with E-state index in [4.69, 9.17) is 5.11 Å². The van der Waals surface area contributed by atoms with Crippen molar-refractivity contribution in [3.8, 4) is 0 Å². The van der Waals surface area contributed by atoms with Crippen LogP contribution in [0.25, 0.3) is 0 Å². The van der Waals surface area contributed by atoms with Crippen LogP contribution in [0.3, 0.4) is 0 Å². The first-order chi connectivity index (χ1) is 9.93. The van der Waals surface area contributed by atoms with Crippen LogP contribution in [0.4, 0.5) is 0 Å². The second-order valence-electron chi connectivity index (χ2n) is 5.08. The van der Waals surface area contributed by atoms with Gasteiger partial charge in [-0.2, -0.15) is 11.8 Å². The third-order valence-electron chi connectivity index (χ3n) is 2.93. The van der Waals surface area contributed by atoms with Crippen LogP contribution in [0.5, 0.6) is 0 Å². The summed E-state index contributed by atoms with van der Waals surface area (Å²) in [6, 6.07) is 6.37. The summed E-state index contributed by atoms with van der Waals surface area (Å²) in [5.41, 5.74) is 1.58. The van der Waals surface area contributed by atoms with Crippen LogP contribution >= 0.6 is 11.8 Å². The zero-order valence-corrected chi connectivity index (χ0v) is 13.4. The van der Waals surface area contributed by atoms with E-state index in [1.807, 2.05) is 37.4 Å². The Hall–Kier alpha value is -1.53. The number of carbonyl (C=O) groups excluding carboxylic acids is 1. The first kappa shape index (κ1) is 17.5. The quantitative estimate of drug-likeness (QED) is 0.764. The molecular formula is C15H22N2O3S. The topological polar surface area (TPSA) is 69.6 Å². The molecule has 1 atom stereocenters. The van der Waals surface area contributed by atoms with Crippen LogP contribution in [-0.4, -0.2) is 54.0 Å².